The molecule has 1 rings (SSSR count). The SMILES string of the molecule is CCCC[C@H](C)OC(=O)c1ccccc1C(=O)O. The predicted octanol–water partition coefficient (Wildman–Crippen LogP) is 3.12. The quantitative estimate of drug-likeness (QED) is 0.788. The lowest BCUT2D eigenvalue weighted by atomic mass is 10.1. The predicted molar refractivity (Wildman–Crippen MR) is 67.8 cm³/mol. The van der Waals surface area contributed by atoms with Crippen molar-refractivity contribution in [1.29, 1.82) is 0 Å². The molecule has 0 unspecified atom stereocenters. The van der Waals surface area contributed by atoms with Crippen LogP contribution in [0.3, 0.4) is 0 Å². The Morgan fingerprint density at radius 3 is 2.44 bits per heavy atom. The molecular formula is C14H18O4. The number of benzene rings is 1. The van der Waals surface area contributed by atoms with E-state index in [1.54, 1.807) is 12.1 Å². The van der Waals surface area contributed by atoms with Crippen LogP contribution in [0.2, 0.25) is 0 Å². The van der Waals surface area contributed by atoms with Crippen LogP contribution < -0.4 is 0 Å². The zero-order valence-corrected chi connectivity index (χ0v) is 10.7. The van der Waals surface area contributed by atoms with Crippen LogP contribution in [0.25, 0.3) is 0 Å². The van der Waals surface area contributed by atoms with Crippen molar-refractivity contribution in [2.45, 2.75) is 39.2 Å². The van der Waals surface area contributed by atoms with Crippen LogP contribution in [0, 0.1) is 0 Å². The van der Waals surface area contributed by atoms with Crippen molar-refractivity contribution >= 4 is 11.9 Å². The number of unbranched alkanes of at least 4 members (excludes halogenated alkanes) is 1. The van der Waals surface area contributed by atoms with Gasteiger partial charge in [0.15, 0.2) is 0 Å². The lowest BCUT2D eigenvalue weighted by Gasteiger charge is -2.13. The molecule has 0 amide bonds. The number of hydrogen-bond donors (Lipinski definition) is 1. The van der Waals surface area contributed by atoms with Crippen LogP contribution >= 0.6 is 0 Å². The van der Waals surface area contributed by atoms with E-state index in [4.69, 9.17) is 9.84 Å². The Balaban J connectivity index is 2.75. The van der Waals surface area contributed by atoms with E-state index in [1.807, 2.05) is 6.92 Å². The average Bonchev–Trinajstić information content (AvgIpc) is 2.36. The van der Waals surface area contributed by atoms with Crippen molar-refractivity contribution in [3.63, 3.8) is 0 Å². The number of esters is 1. The fourth-order valence-corrected chi connectivity index (χ4v) is 1.64. The number of carbonyl (C=O) groups excluding carboxylic acids is 1. The number of rotatable bonds is 6. The van der Waals surface area contributed by atoms with E-state index in [-0.39, 0.29) is 17.2 Å². The summed E-state index contributed by atoms with van der Waals surface area (Å²) in [6, 6.07) is 6.08. The molecule has 1 aromatic rings. The lowest BCUT2D eigenvalue weighted by molar-refractivity contribution is 0.0314. The van der Waals surface area contributed by atoms with Crippen LogP contribution in [-0.2, 0) is 4.74 Å². The molecule has 4 nitrogen and oxygen atoms in total. The Morgan fingerprint density at radius 1 is 1.28 bits per heavy atom. The van der Waals surface area contributed by atoms with Gasteiger partial charge in [-0.25, -0.2) is 9.59 Å². The summed E-state index contributed by atoms with van der Waals surface area (Å²) in [7, 11) is 0. The topological polar surface area (TPSA) is 63.6 Å². The maximum Gasteiger partial charge on any atom is 0.339 e. The van der Waals surface area contributed by atoms with Gasteiger partial charge in [0.2, 0.25) is 0 Å². The number of hydrogen-bond acceptors (Lipinski definition) is 3. The number of ether oxygens (including phenoxy) is 1. The van der Waals surface area contributed by atoms with E-state index in [1.165, 1.54) is 12.1 Å². The average molecular weight is 250 g/mol. The van der Waals surface area contributed by atoms with E-state index >= 15 is 0 Å². The molecule has 0 saturated carbocycles. The van der Waals surface area contributed by atoms with Crippen LogP contribution in [0.1, 0.15) is 53.8 Å². The molecule has 0 radical (unpaired) electrons. The molecule has 0 aliphatic heterocycles. The minimum atomic E-state index is -1.12. The Bertz CT molecular complexity index is 426. The normalized spacial score (nSPS) is 11.9. The molecule has 0 aliphatic rings. The highest BCUT2D eigenvalue weighted by atomic mass is 16.5. The first-order valence-corrected chi connectivity index (χ1v) is 6.09. The first kappa shape index (κ1) is 14.2. The highest BCUT2D eigenvalue weighted by Gasteiger charge is 2.18. The molecule has 0 aliphatic carbocycles. The molecule has 1 aromatic carbocycles. The van der Waals surface area contributed by atoms with E-state index in [2.05, 4.69) is 6.92 Å². The van der Waals surface area contributed by atoms with Gasteiger partial charge in [-0.1, -0.05) is 31.9 Å². The number of carboxylic acids is 1. The Labute approximate surface area is 107 Å². The third-order valence-electron chi connectivity index (χ3n) is 2.65. The van der Waals surface area contributed by atoms with Gasteiger partial charge in [0, 0.05) is 0 Å². The maximum absolute atomic E-state index is 11.9. The number of aromatic carboxylic acids is 1. The van der Waals surface area contributed by atoms with Crippen molar-refractivity contribution < 1.29 is 19.4 Å². The fourth-order valence-electron chi connectivity index (χ4n) is 1.64. The van der Waals surface area contributed by atoms with Gasteiger partial charge in [-0.05, 0) is 25.5 Å². The Kier molecular flexibility index (Phi) is 5.36. The van der Waals surface area contributed by atoms with Gasteiger partial charge in [-0.2, -0.15) is 0 Å². The van der Waals surface area contributed by atoms with Crippen molar-refractivity contribution in [2.24, 2.45) is 0 Å². The van der Waals surface area contributed by atoms with Gasteiger partial charge in [0.1, 0.15) is 0 Å². The lowest BCUT2D eigenvalue weighted by Crippen LogP contribution is -2.17. The van der Waals surface area contributed by atoms with Gasteiger partial charge < -0.3 is 9.84 Å². The molecule has 1 N–H and O–H groups in total. The highest BCUT2D eigenvalue weighted by Crippen LogP contribution is 2.13. The summed E-state index contributed by atoms with van der Waals surface area (Å²) in [5, 5.41) is 8.98. The van der Waals surface area contributed by atoms with Gasteiger partial charge in [-0.15, -0.1) is 0 Å². The third kappa shape index (κ3) is 3.87. The van der Waals surface area contributed by atoms with Crippen LogP contribution in [0.15, 0.2) is 24.3 Å². The summed E-state index contributed by atoms with van der Waals surface area (Å²) in [5.74, 6) is -1.69. The first-order valence-electron chi connectivity index (χ1n) is 6.09. The van der Waals surface area contributed by atoms with Crippen molar-refractivity contribution in [2.75, 3.05) is 0 Å². The van der Waals surface area contributed by atoms with Gasteiger partial charge in [0.05, 0.1) is 17.2 Å². The summed E-state index contributed by atoms with van der Waals surface area (Å²) in [5.41, 5.74) is 0.0820. The molecule has 4 heteroatoms. The molecule has 0 bridgehead atoms. The minimum Gasteiger partial charge on any atom is -0.478 e. The van der Waals surface area contributed by atoms with E-state index < -0.39 is 11.9 Å². The standard InChI is InChI=1S/C14H18O4/c1-3-4-7-10(2)18-14(17)12-9-6-5-8-11(12)13(15)16/h5-6,8-10H,3-4,7H2,1-2H3,(H,15,16)/t10-/m0/s1. The van der Waals surface area contributed by atoms with Gasteiger partial charge in [-0.3, -0.25) is 0 Å². The van der Waals surface area contributed by atoms with Gasteiger partial charge in [0.25, 0.3) is 0 Å². The zero-order chi connectivity index (χ0) is 13.5. The van der Waals surface area contributed by atoms with Crippen molar-refractivity contribution in [1.82, 2.24) is 0 Å². The largest absolute Gasteiger partial charge is 0.478 e. The number of carbonyl (C=O) groups is 2. The Morgan fingerprint density at radius 2 is 1.89 bits per heavy atom. The second kappa shape index (κ2) is 6.79. The highest BCUT2D eigenvalue weighted by molar-refractivity contribution is 6.02. The van der Waals surface area contributed by atoms with Crippen LogP contribution in [0.5, 0.6) is 0 Å². The Hall–Kier alpha value is -1.84. The van der Waals surface area contributed by atoms with E-state index in [9.17, 15) is 9.59 Å². The molecule has 0 spiro atoms. The van der Waals surface area contributed by atoms with Crippen LogP contribution in [-0.4, -0.2) is 23.1 Å². The third-order valence-corrected chi connectivity index (χ3v) is 2.65. The molecular weight excluding hydrogens is 232 g/mol. The van der Waals surface area contributed by atoms with E-state index in [0.29, 0.717) is 0 Å². The summed E-state index contributed by atoms with van der Waals surface area (Å²) in [4.78, 5) is 22.8. The summed E-state index contributed by atoms with van der Waals surface area (Å²) >= 11 is 0. The molecule has 18 heavy (non-hydrogen) atoms. The molecule has 0 fully saturated rings. The summed E-state index contributed by atoms with van der Waals surface area (Å²) < 4.78 is 5.23. The smallest absolute Gasteiger partial charge is 0.339 e. The first-order chi connectivity index (χ1) is 8.56. The maximum atomic E-state index is 11.9. The number of carboxylic acid groups (broad SMARTS) is 1. The monoisotopic (exact) mass is 250 g/mol. The molecule has 0 heterocycles. The van der Waals surface area contributed by atoms with Gasteiger partial charge >= 0.3 is 11.9 Å². The molecule has 0 saturated heterocycles. The van der Waals surface area contributed by atoms with Crippen molar-refractivity contribution in [3.8, 4) is 0 Å². The summed E-state index contributed by atoms with van der Waals surface area (Å²) in [6.07, 6.45) is 2.61. The fraction of sp³-hybridized carbons (Fsp3) is 0.429. The summed E-state index contributed by atoms with van der Waals surface area (Å²) in [6.45, 7) is 3.88. The van der Waals surface area contributed by atoms with Crippen molar-refractivity contribution in [3.05, 3.63) is 35.4 Å². The molecule has 0 aromatic heterocycles. The van der Waals surface area contributed by atoms with Crippen LogP contribution in [0.4, 0.5) is 0 Å². The second-order valence-corrected chi connectivity index (χ2v) is 4.21. The minimum absolute atomic E-state index is 0.0230. The van der Waals surface area contributed by atoms with E-state index in [0.717, 1.165) is 19.3 Å². The molecule has 1 atom stereocenters. The second-order valence-electron chi connectivity index (χ2n) is 4.21. The molecule has 98 valence electrons. The zero-order valence-electron chi connectivity index (χ0n) is 10.7.